The van der Waals surface area contributed by atoms with Gasteiger partial charge >= 0.3 is 5.97 Å². The van der Waals surface area contributed by atoms with Gasteiger partial charge in [-0.25, -0.2) is 4.79 Å². The van der Waals surface area contributed by atoms with Crippen LogP contribution in [-0.2, 0) is 9.53 Å². The van der Waals surface area contributed by atoms with Gasteiger partial charge in [-0.15, -0.1) is 11.8 Å². The van der Waals surface area contributed by atoms with E-state index < -0.39 is 5.97 Å². The maximum Gasteiger partial charge on any atom is 0.338 e. The van der Waals surface area contributed by atoms with Gasteiger partial charge in [0.2, 0.25) is 0 Å². The smallest absolute Gasteiger partial charge is 0.338 e. The highest BCUT2D eigenvalue weighted by atomic mass is 127. The Morgan fingerprint density at radius 1 is 1.18 bits per heavy atom. The molecule has 2 aromatic rings. The van der Waals surface area contributed by atoms with Crippen LogP contribution in [0.15, 0.2) is 53.4 Å². The molecule has 2 aromatic carbocycles. The Labute approximate surface area is 146 Å². The first-order chi connectivity index (χ1) is 10.6. The molecular weight excluding hydrogens is 413 g/mol. The van der Waals surface area contributed by atoms with Gasteiger partial charge in [0.05, 0.1) is 5.56 Å². The fourth-order valence-electron chi connectivity index (χ4n) is 1.73. The van der Waals surface area contributed by atoms with Gasteiger partial charge in [0.25, 0.3) is 5.91 Å². The second kappa shape index (κ2) is 8.19. The number of rotatable bonds is 5. The largest absolute Gasteiger partial charge is 0.452 e. The average Bonchev–Trinajstić information content (AvgIpc) is 2.52. The summed E-state index contributed by atoms with van der Waals surface area (Å²) in [6.07, 6.45) is 1.96. The van der Waals surface area contributed by atoms with Gasteiger partial charge in [-0.05, 0) is 65.2 Å². The number of halogens is 1. The lowest BCUT2D eigenvalue weighted by atomic mass is 10.2. The van der Waals surface area contributed by atoms with Gasteiger partial charge in [0.15, 0.2) is 6.61 Å². The summed E-state index contributed by atoms with van der Waals surface area (Å²) in [5, 5.41) is 2.70. The van der Waals surface area contributed by atoms with E-state index in [0.717, 1.165) is 8.47 Å². The third-order valence-corrected chi connectivity index (χ3v) is 4.14. The van der Waals surface area contributed by atoms with Crippen molar-refractivity contribution in [2.24, 2.45) is 0 Å². The number of anilines is 1. The number of ether oxygens (including phenoxy) is 1. The molecule has 0 radical (unpaired) electrons. The van der Waals surface area contributed by atoms with Gasteiger partial charge < -0.3 is 10.1 Å². The summed E-state index contributed by atoms with van der Waals surface area (Å²) in [7, 11) is 0. The van der Waals surface area contributed by atoms with Crippen molar-refractivity contribution in [1.29, 1.82) is 0 Å². The number of amides is 1. The normalized spacial score (nSPS) is 10.1. The van der Waals surface area contributed by atoms with E-state index in [-0.39, 0.29) is 12.5 Å². The molecule has 22 heavy (non-hydrogen) atoms. The van der Waals surface area contributed by atoms with Crippen LogP contribution in [0.4, 0.5) is 5.69 Å². The molecule has 0 aliphatic carbocycles. The van der Waals surface area contributed by atoms with E-state index in [9.17, 15) is 9.59 Å². The molecular formula is C16H14INO3S. The van der Waals surface area contributed by atoms with Crippen LogP contribution in [0.3, 0.4) is 0 Å². The molecule has 0 aromatic heterocycles. The van der Waals surface area contributed by atoms with Crippen LogP contribution in [0, 0.1) is 3.57 Å². The molecule has 2 rings (SSSR count). The number of carbonyl (C=O) groups is 2. The fraction of sp³-hybridized carbons (Fsp3) is 0.125. The fourth-order valence-corrected chi connectivity index (χ4v) is 2.73. The Hall–Kier alpha value is -1.54. The number of hydrogen-bond donors (Lipinski definition) is 1. The summed E-state index contributed by atoms with van der Waals surface area (Å²) >= 11 is 3.70. The van der Waals surface area contributed by atoms with Crippen molar-refractivity contribution in [2.45, 2.75) is 4.90 Å². The predicted octanol–water partition coefficient (Wildman–Crippen LogP) is 3.81. The zero-order valence-corrected chi connectivity index (χ0v) is 14.8. The Balaban J connectivity index is 1.88. The van der Waals surface area contributed by atoms with Gasteiger partial charge in [-0.2, -0.15) is 0 Å². The number of carbonyl (C=O) groups excluding carboxylic acids is 2. The highest BCUT2D eigenvalue weighted by Crippen LogP contribution is 2.18. The summed E-state index contributed by atoms with van der Waals surface area (Å²) < 4.78 is 5.95. The van der Waals surface area contributed by atoms with Crippen LogP contribution in [0.5, 0.6) is 0 Å². The monoisotopic (exact) mass is 427 g/mol. The quantitative estimate of drug-likeness (QED) is 0.448. The molecule has 0 bridgehead atoms. The molecule has 0 atom stereocenters. The summed E-state index contributed by atoms with van der Waals surface area (Å²) in [4.78, 5) is 24.7. The van der Waals surface area contributed by atoms with Crippen LogP contribution in [-0.4, -0.2) is 24.7 Å². The van der Waals surface area contributed by atoms with Crippen molar-refractivity contribution >= 4 is 51.9 Å². The molecule has 0 aliphatic heterocycles. The Morgan fingerprint density at radius 3 is 2.68 bits per heavy atom. The highest BCUT2D eigenvalue weighted by molar-refractivity contribution is 14.1. The van der Waals surface area contributed by atoms with E-state index in [0.29, 0.717) is 11.3 Å². The van der Waals surface area contributed by atoms with Crippen molar-refractivity contribution in [3.8, 4) is 0 Å². The molecule has 114 valence electrons. The first kappa shape index (κ1) is 16.8. The van der Waals surface area contributed by atoms with E-state index in [4.69, 9.17) is 4.74 Å². The molecule has 0 unspecified atom stereocenters. The Kier molecular flexibility index (Phi) is 6.26. The van der Waals surface area contributed by atoms with Crippen LogP contribution in [0.1, 0.15) is 10.4 Å². The molecule has 1 N–H and O–H groups in total. The molecule has 0 fully saturated rings. The summed E-state index contributed by atoms with van der Waals surface area (Å²) in [5.41, 5.74) is 1.12. The van der Waals surface area contributed by atoms with Gasteiger partial charge in [0, 0.05) is 14.2 Å². The second-order valence-corrected chi connectivity index (χ2v) is 6.49. The van der Waals surface area contributed by atoms with E-state index in [2.05, 4.69) is 27.9 Å². The van der Waals surface area contributed by atoms with E-state index in [1.807, 2.05) is 30.5 Å². The van der Waals surface area contributed by atoms with E-state index >= 15 is 0 Å². The lowest BCUT2D eigenvalue weighted by molar-refractivity contribution is -0.119. The zero-order valence-electron chi connectivity index (χ0n) is 11.8. The Bertz CT molecular complexity index is 691. The number of nitrogens with one attached hydrogen (secondary N) is 1. The number of thioether (sulfide) groups is 1. The highest BCUT2D eigenvalue weighted by Gasteiger charge is 2.10. The number of esters is 1. The predicted molar refractivity (Wildman–Crippen MR) is 96.3 cm³/mol. The number of benzene rings is 2. The van der Waals surface area contributed by atoms with Crippen LogP contribution >= 0.6 is 34.4 Å². The maximum absolute atomic E-state index is 11.8. The minimum atomic E-state index is -0.508. The standard InChI is InChI=1S/C16H14INO3S/c1-22-14-7-3-6-13(9-14)18-15(19)10-21-16(20)11-4-2-5-12(17)8-11/h2-9H,10H2,1H3,(H,18,19). The van der Waals surface area contributed by atoms with Gasteiger partial charge in [-0.3, -0.25) is 4.79 Å². The van der Waals surface area contributed by atoms with Crippen molar-refractivity contribution in [3.63, 3.8) is 0 Å². The summed E-state index contributed by atoms with van der Waals surface area (Å²) in [6.45, 7) is -0.312. The first-order valence-electron chi connectivity index (χ1n) is 6.45. The first-order valence-corrected chi connectivity index (χ1v) is 8.75. The van der Waals surface area contributed by atoms with E-state index in [1.54, 1.807) is 36.0 Å². The van der Waals surface area contributed by atoms with Crippen molar-refractivity contribution in [3.05, 3.63) is 57.7 Å². The van der Waals surface area contributed by atoms with E-state index in [1.165, 1.54) is 0 Å². The van der Waals surface area contributed by atoms with Gasteiger partial charge in [-0.1, -0.05) is 12.1 Å². The third-order valence-electron chi connectivity index (χ3n) is 2.75. The lowest BCUT2D eigenvalue weighted by Crippen LogP contribution is -2.20. The van der Waals surface area contributed by atoms with Crippen molar-refractivity contribution in [2.75, 3.05) is 18.2 Å². The molecule has 0 spiro atoms. The minimum Gasteiger partial charge on any atom is -0.452 e. The van der Waals surface area contributed by atoms with Crippen molar-refractivity contribution in [1.82, 2.24) is 0 Å². The van der Waals surface area contributed by atoms with Crippen molar-refractivity contribution < 1.29 is 14.3 Å². The molecule has 0 aliphatic rings. The molecule has 0 heterocycles. The second-order valence-electron chi connectivity index (χ2n) is 4.37. The molecule has 0 saturated heterocycles. The van der Waals surface area contributed by atoms with Gasteiger partial charge in [0.1, 0.15) is 0 Å². The molecule has 6 heteroatoms. The van der Waals surface area contributed by atoms with Crippen LogP contribution in [0.25, 0.3) is 0 Å². The van der Waals surface area contributed by atoms with Crippen LogP contribution in [0.2, 0.25) is 0 Å². The topological polar surface area (TPSA) is 55.4 Å². The Morgan fingerprint density at radius 2 is 1.95 bits per heavy atom. The molecule has 4 nitrogen and oxygen atoms in total. The SMILES string of the molecule is CSc1cccc(NC(=O)COC(=O)c2cccc(I)c2)c1. The summed E-state index contributed by atoms with van der Waals surface area (Å²) in [6, 6.07) is 14.5. The number of hydrogen-bond acceptors (Lipinski definition) is 4. The molecule has 0 saturated carbocycles. The average molecular weight is 427 g/mol. The zero-order chi connectivity index (χ0) is 15.9. The maximum atomic E-state index is 11.8. The van der Waals surface area contributed by atoms with Crippen LogP contribution < -0.4 is 5.32 Å². The summed E-state index contributed by atoms with van der Waals surface area (Å²) in [5.74, 6) is -0.872. The minimum absolute atomic E-state index is 0.312. The third kappa shape index (κ3) is 5.03. The molecule has 1 amide bonds. The lowest BCUT2D eigenvalue weighted by Gasteiger charge is -2.07.